The van der Waals surface area contributed by atoms with E-state index in [0.717, 1.165) is 31.2 Å². The molecule has 2 amide bonds. The molecule has 1 fully saturated rings. The van der Waals surface area contributed by atoms with Gasteiger partial charge in [0.25, 0.3) is 5.91 Å². The second-order valence-electron chi connectivity index (χ2n) is 8.99. The number of aliphatic hydroxyl groups is 1. The van der Waals surface area contributed by atoms with Crippen molar-refractivity contribution in [2.75, 3.05) is 5.32 Å². The van der Waals surface area contributed by atoms with Crippen LogP contribution in [0.5, 0.6) is 0 Å². The van der Waals surface area contributed by atoms with Crippen LogP contribution in [0.2, 0.25) is 0 Å². The van der Waals surface area contributed by atoms with Gasteiger partial charge in [0.2, 0.25) is 5.91 Å². The van der Waals surface area contributed by atoms with Gasteiger partial charge in [-0.2, -0.15) is 5.10 Å². The van der Waals surface area contributed by atoms with E-state index in [9.17, 15) is 14.7 Å². The Balaban J connectivity index is 1.51. The maximum Gasteiger partial charge on any atom is 0.281 e. The van der Waals surface area contributed by atoms with Gasteiger partial charge in [0, 0.05) is 11.6 Å². The van der Waals surface area contributed by atoms with Gasteiger partial charge in [-0.15, -0.1) is 0 Å². The van der Waals surface area contributed by atoms with Crippen LogP contribution in [0.15, 0.2) is 90.0 Å². The van der Waals surface area contributed by atoms with Crippen LogP contribution in [0.4, 0.5) is 5.69 Å². The summed E-state index contributed by atoms with van der Waals surface area (Å²) in [5.41, 5.74) is 3.55. The fraction of sp³-hybridized carbons (Fsp3) is 0.276. The van der Waals surface area contributed by atoms with Crippen LogP contribution in [-0.4, -0.2) is 22.6 Å². The average molecular weight is 470 g/mol. The lowest BCUT2D eigenvalue weighted by atomic mass is 9.85. The predicted molar refractivity (Wildman–Crippen MR) is 138 cm³/mol. The van der Waals surface area contributed by atoms with Crippen LogP contribution in [0, 0.1) is 5.92 Å². The Morgan fingerprint density at radius 1 is 0.857 bits per heavy atom. The van der Waals surface area contributed by atoms with Crippen LogP contribution in [0.1, 0.15) is 55.7 Å². The molecule has 0 aliphatic heterocycles. The minimum absolute atomic E-state index is 0.0560. The Morgan fingerprint density at radius 2 is 1.46 bits per heavy atom. The van der Waals surface area contributed by atoms with Gasteiger partial charge in [0.15, 0.2) is 5.60 Å². The first-order valence-corrected chi connectivity index (χ1v) is 12.1. The molecule has 0 unspecified atom stereocenters. The molecule has 3 aromatic rings. The fourth-order valence-electron chi connectivity index (χ4n) is 4.50. The number of hydrogen-bond acceptors (Lipinski definition) is 4. The summed E-state index contributed by atoms with van der Waals surface area (Å²) >= 11 is 0. The van der Waals surface area contributed by atoms with Gasteiger partial charge in [-0.1, -0.05) is 92.1 Å². The van der Waals surface area contributed by atoms with E-state index in [-0.39, 0.29) is 11.8 Å². The number of nitrogens with zero attached hydrogens (tertiary/aromatic N) is 1. The number of anilines is 1. The summed E-state index contributed by atoms with van der Waals surface area (Å²) in [5.74, 6) is -0.536. The van der Waals surface area contributed by atoms with Crippen molar-refractivity contribution in [3.63, 3.8) is 0 Å². The summed E-state index contributed by atoms with van der Waals surface area (Å²) in [7, 11) is 0. The van der Waals surface area contributed by atoms with Crippen molar-refractivity contribution < 1.29 is 14.7 Å². The summed E-state index contributed by atoms with van der Waals surface area (Å²) < 4.78 is 0. The molecule has 1 aliphatic rings. The van der Waals surface area contributed by atoms with Gasteiger partial charge in [0.1, 0.15) is 0 Å². The van der Waals surface area contributed by atoms with Crippen molar-refractivity contribution in [3.05, 3.63) is 102 Å². The number of hydrazone groups is 1. The number of amides is 2. The molecule has 0 saturated heterocycles. The molecule has 0 atom stereocenters. The van der Waals surface area contributed by atoms with Gasteiger partial charge in [-0.3, -0.25) is 9.59 Å². The third kappa shape index (κ3) is 5.66. The summed E-state index contributed by atoms with van der Waals surface area (Å²) in [6.07, 6.45) is 5.27. The lowest BCUT2D eigenvalue weighted by Gasteiger charge is -2.27. The van der Waals surface area contributed by atoms with Gasteiger partial charge in [-0.05, 0) is 48.6 Å². The van der Waals surface area contributed by atoms with Crippen molar-refractivity contribution >= 4 is 23.2 Å². The molecule has 3 N–H and O–H groups in total. The van der Waals surface area contributed by atoms with Gasteiger partial charge < -0.3 is 10.4 Å². The van der Waals surface area contributed by atoms with E-state index in [1.54, 1.807) is 55.5 Å². The SMILES string of the molecule is C/C(=N/NC(=O)C(O)(c1ccccc1)c1ccccc1)c1cccc(NC(=O)C2CCCCC2)c1. The Hall–Kier alpha value is -3.77. The molecule has 3 aromatic carbocycles. The van der Waals surface area contributed by atoms with E-state index < -0.39 is 11.5 Å². The molecular formula is C29H31N3O3. The monoisotopic (exact) mass is 469 g/mol. The number of benzene rings is 3. The van der Waals surface area contributed by atoms with Crippen molar-refractivity contribution in [3.8, 4) is 0 Å². The molecule has 4 rings (SSSR count). The third-order valence-electron chi connectivity index (χ3n) is 6.56. The molecule has 1 saturated carbocycles. The summed E-state index contributed by atoms with van der Waals surface area (Å²) in [6, 6.07) is 25.0. The highest BCUT2D eigenvalue weighted by molar-refractivity contribution is 6.01. The average Bonchev–Trinajstić information content (AvgIpc) is 2.92. The molecule has 0 aromatic heterocycles. The van der Waals surface area contributed by atoms with Crippen molar-refractivity contribution in [1.29, 1.82) is 0 Å². The third-order valence-corrected chi connectivity index (χ3v) is 6.56. The molecule has 6 heteroatoms. The highest BCUT2D eigenvalue weighted by Gasteiger charge is 2.40. The smallest absolute Gasteiger partial charge is 0.281 e. The van der Waals surface area contributed by atoms with Crippen LogP contribution < -0.4 is 10.7 Å². The Morgan fingerprint density at radius 3 is 2.06 bits per heavy atom. The number of nitrogens with one attached hydrogen (secondary N) is 2. The van der Waals surface area contributed by atoms with Crippen molar-refractivity contribution in [2.24, 2.45) is 11.0 Å². The van der Waals surface area contributed by atoms with E-state index in [1.165, 1.54) is 6.42 Å². The van der Waals surface area contributed by atoms with Crippen LogP contribution >= 0.6 is 0 Å². The predicted octanol–water partition coefficient (Wildman–Crippen LogP) is 4.98. The quantitative estimate of drug-likeness (QED) is 0.337. The molecule has 180 valence electrons. The first kappa shape index (κ1) is 24.4. The fourth-order valence-corrected chi connectivity index (χ4v) is 4.50. The van der Waals surface area contributed by atoms with E-state index >= 15 is 0 Å². The summed E-state index contributed by atoms with van der Waals surface area (Å²) in [4.78, 5) is 25.9. The zero-order valence-electron chi connectivity index (χ0n) is 19.9. The Bertz CT molecular complexity index is 1150. The zero-order chi connectivity index (χ0) is 24.7. The van der Waals surface area contributed by atoms with E-state index in [2.05, 4.69) is 15.8 Å². The molecule has 0 radical (unpaired) electrons. The molecule has 0 bridgehead atoms. The summed E-state index contributed by atoms with van der Waals surface area (Å²) in [6.45, 7) is 1.77. The summed E-state index contributed by atoms with van der Waals surface area (Å²) in [5, 5.41) is 18.8. The van der Waals surface area contributed by atoms with Gasteiger partial charge in [-0.25, -0.2) is 5.43 Å². The van der Waals surface area contributed by atoms with Crippen molar-refractivity contribution in [2.45, 2.75) is 44.6 Å². The second kappa shape index (κ2) is 11.1. The second-order valence-corrected chi connectivity index (χ2v) is 8.99. The normalized spacial score (nSPS) is 14.9. The minimum Gasteiger partial charge on any atom is -0.372 e. The highest BCUT2D eigenvalue weighted by atomic mass is 16.3. The van der Waals surface area contributed by atoms with Gasteiger partial charge >= 0.3 is 0 Å². The first-order valence-electron chi connectivity index (χ1n) is 12.1. The first-order chi connectivity index (χ1) is 17.0. The van der Waals surface area contributed by atoms with E-state index in [4.69, 9.17) is 0 Å². The minimum atomic E-state index is -1.90. The van der Waals surface area contributed by atoms with Crippen LogP contribution in [-0.2, 0) is 15.2 Å². The molecule has 0 spiro atoms. The van der Waals surface area contributed by atoms with E-state index in [0.29, 0.717) is 22.5 Å². The van der Waals surface area contributed by atoms with Crippen molar-refractivity contribution in [1.82, 2.24) is 5.43 Å². The van der Waals surface area contributed by atoms with Crippen LogP contribution in [0.3, 0.4) is 0 Å². The Kier molecular flexibility index (Phi) is 7.73. The molecule has 0 heterocycles. The molecule has 6 nitrogen and oxygen atoms in total. The lowest BCUT2D eigenvalue weighted by molar-refractivity contribution is -0.136. The lowest BCUT2D eigenvalue weighted by Crippen LogP contribution is -2.43. The zero-order valence-corrected chi connectivity index (χ0v) is 19.9. The number of carbonyl (C=O) groups is 2. The molecule has 1 aliphatic carbocycles. The standard InChI is InChI=1S/C29H31N3O3/c1-21(23-14-11-19-26(20-23)30-27(33)22-12-5-2-6-13-22)31-32-28(34)29(35,24-15-7-3-8-16-24)25-17-9-4-10-18-25/h3-4,7-11,14-20,22,35H,2,5-6,12-13H2,1H3,(H,30,33)(H,32,34)/b31-21-. The number of carbonyl (C=O) groups excluding carboxylic acids is 2. The Labute approximate surface area is 206 Å². The van der Waals surface area contributed by atoms with E-state index in [1.807, 2.05) is 36.4 Å². The maximum atomic E-state index is 13.3. The number of hydrogen-bond donors (Lipinski definition) is 3. The van der Waals surface area contributed by atoms with Crippen LogP contribution in [0.25, 0.3) is 0 Å². The largest absolute Gasteiger partial charge is 0.372 e. The highest BCUT2D eigenvalue weighted by Crippen LogP contribution is 2.30. The topological polar surface area (TPSA) is 90.8 Å². The molecular weight excluding hydrogens is 438 g/mol. The number of rotatable bonds is 7. The maximum absolute atomic E-state index is 13.3. The molecule has 35 heavy (non-hydrogen) atoms. The van der Waals surface area contributed by atoms with Gasteiger partial charge in [0.05, 0.1) is 5.71 Å².